The van der Waals surface area contributed by atoms with E-state index in [4.69, 9.17) is 0 Å². The van der Waals surface area contributed by atoms with Gasteiger partial charge < -0.3 is 0 Å². The second kappa shape index (κ2) is 8.91. The van der Waals surface area contributed by atoms with Gasteiger partial charge in [-0.1, -0.05) is 0 Å². The first kappa shape index (κ1) is 19.3. The van der Waals surface area contributed by atoms with Crippen molar-refractivity contribution in [3.8, 4) is 0 Å². The molecule has 0 fully saturated rings. The summed E-state index contributed by atoms with van der Waals surface area (Å²) in [4.78, 5) is 27.2. The van der Waals surface area contributed by atoms with Crippen LogP contribution in [0.25, 0.3) is 0 Å². The molecule has 0 bridgehead atoms. The Morgan fingerprint density at radius 3 is 1.63 bits per heavy atom. The molecule has 0 amide bonds. The van der Waals surface area contributed by atoms with Crippen molar-refractivity contribution in [1.82, 2.24) is 30.4 Å². The van der Waals surface area contributed by atoms with Crippen LogP contribution in [0.3, 0.4) is 0 Å². The summed E-state index contributed by atoms with van der Waals surface area (Å²) in [7, 11) is 0. The molecule has 0 aliphatic carbocycles. The summed E-state index contributed by atoms with van der Waals surface area (Å²) in [6.45, 7) is 0. The monoisotopic (exact) mass is 584 g/mol. The summed E-state index contributed by atoms with van der Waals surface area (Å²) in [6, 6.07) is 0. The van der Waals surface area contributed by atoms with Crippen LogP contribution in [0.2, 0.25) is 0 Å². The van der Waals surface area contributed by atoms with E-state index in [1.165, 1.54) is 0 Å². The van der Waals surface area contributed by atoms with Crippen LogP contribution in [0, 0.1) is 30.6 Å². The predicted molar refractivity (Wildman–Crippen MR) is 73.4 cm³/mol. The van der Waals surface area contributed by atoms with E-state index in [9.17, 15) is 30.6 Å². The van der Waals surface area contributed by atoms with Gasteiger partial charge in [0.15, 0.2) is 0 Å². The van der Waals surface area contributed by atoms with E-state index < -0.39 is 47.1 Å². The predicted octanol–water partition coefficient (Wildman–Crippen LogP) is -1.58. The van der Waals surface area contributed by atoms with E-state index in [0.29, 0.717) is 0 Å². The van der Waals surface area contributed by atoms with Crippen molar-refractivity contribution in [3.63, 3.8) is 0 Å². The first-order valence-electron chi connectivity index (χ1n) is 5.95. The van der Waals surface area contributed by atoms with Crippen molar-refractivity contribution in [2.24, 2.45) is 10.2 Å². The minimum absolute atomic E-state index is 0.359. The first-order chi connectivity index (χ1) is 12.8. The molecule has 142 valence electrons. The average Bonchev–Trinajstić information content (AvgIpc) is 3.15. The molecule has 2 aromatic rings. The molecule has 0 atom stereocenters. The van der Waals surface area contributed by atoms with Gasteiger partial charge in [0.05, 0.1) is 0 Å². The van der Waals surface area contributed by atoms with Gasteiger partial charge in [-0.15, -0.1) is 0 Å². The number of hydrogen-bond acceptors (Lipinski definition) is 14. The van der Waals surface area contributed by atoms with Crippen LogP contribution in [0.5, 0.6) is 0 Å². The zero-order valence-corrected chi connectivity index (χ0v) is 16.1. The maximum atomic E-state index is 11.3. The molecule has 2 aromatic heterocycles. The molecule has 0 aliphatic heterocycles. The Morgan fingerprint density at radius 2 is 1.26 bits per heavy atom. The summed E-state index contributed by atoms with van der Waals surface area (Å²) in [5.41, 5.74) is 3.27. The van der Waals surface area contributed by atoms with Gasteiger partial charge in [-0.2, -0.15) is 0 Å². The van der Waals surface area contributed by atoms with Crippen LogP contribution in [0.15, 0.2) is 10.2 Å². The first-order valence-corrected chi connectivity index (χ1v) is 9.13. The summed E-state index contributed by atoms with van der Waals surface area (Å²) >= 11 is -2.80. The molecular weight excluding hydrogens is 579 g/mol. The summed E-state index contributed by atoms with van der Waals surface area (Å²) in [5, 5.41) is 57.5. The molecule has 27 heavy (non-hydrogen) atoms. The minimum atomic E-state index is -2.80. The van der Waals surface area contributed by atoms with Gasteiger partial charge in [-0.3, -0.25) is 0 Å². The topological polar surface area (TPSA) is 289 Å². The van der Waals surface area contributed by atoms with Crippen molar-refractivity contribution in [2.45, 2.75) is 0 Å². The molecule has 23 heteroatoms. The van der Waals surface area contributed by atoms with Crippen molar-refractivity contribution < 1.29 is 25.7 Å². The zero-order valence-electron chi connectivity index (χ0n) is 12.2. The number of aromatic amines is 2. The van der Waals surface area contributed by atoms with Crippen molar-refractivity contribution in [3.05, 3.63) is 30.6 Å². The maximum absolute atomic E-state index is 11.3. The molecule has 2 heterocycles. The quantitative estimate of drug-likeness (QED) is 0.106. The Labute approximate surface area is 157 Å². The average molecular weight is 583 g/mol. The van der Waals surface area contributed by atoms with E-state index in [1.54, 1.807) is 10.9 Å². The Bertz CT molecular complexity index is 802. The van der Waals surface area contributed by atoms with E-state index in [1.807, 2.05) is 0 Å². The van der Waals surface area contributed by atoms with Gasteiger partial charge in [0, 0.05) is 0 Å². The Kier molecular flexibility index (Phi) is 6.38. The molecule has 2 rings (SSSR count). The Balaban J connectivity index is 1.82. The normalized spacial score (nSPS) is 11.7. The van der Waals surface area contributed by atoms with Gasteiger partial charge >= 0.3 is 157 Å². The molecule has 0 saturated heterocycles. The summed E-state index contributed by atoms with van der Waals surface area (Å²) in [5.74, 6) is -1.75. The fourth-order valence-electron chi connectivity index (χ4n) is 1.14. The van der Waals surface area contributed by atoms with Gasteiger partial charge in [0.25, 0.3) is 0 Å². The van der Waals surface area contributed by atoms with E-state index in [-0.39, 0.29) is 21.9 Å². The number of H-pyrrole nitrogens is 2. The van der Waals surface area contributed by atoms with Crippen LogP contribution in [-0.4, -0.2) is 75.6 Å². The number of hydrazine groups is 2. The van der Waals surface area contributed by atoms with Crippen molar-refractivity contribution in [2.75, 3.05) is 10.9 Å². The van der Waals surface area contributed by atoms with Crippen molar-refractivity contribution in [1.29, 1.82) is 0 Å². The second-order valence-electron chi connectivity index (χ2n) is 3.65. The van der Waals surface area contributed by atoms with Crippen molar-refractivity contribution >= 4 is 48.9 Å². The fraction of sp³-hybridized carbons (Fsp3) is 0. The molecule has 0 saturated carbocycles. The third-order valence-corrected chi connectivity index (χ3v) is 3.71. The summed E-state index contributed by atoms with van der Waals surface area (Å²) < 4.78 is 8.97. The SMILES string of the molecule is O=[N+]([O-])Nc1nc(/N=[N+](\[O-])[O][Pb][O]/[N+]([O-])=N/c2n[nH]c(N[N+](=O)[O-])n2)n[nH]1. The standard InChI is InChI=1S/2C2H2N7O4.Pb/c2*10-8(11)6-1-3-2(5-4-1)7-9(12)13;/h2*(H2-,3,4,5,6,7,10,11);/q2*-1;+2. The molecule has 2 radical (unpaired) electrons. The molecule has 0 aliphatic rings. The third-order valence-electron chi connectivity index (χ3n) is 1.91. The van der Waals surface area contributed by atoms with Gasteiger partial charge in [-0.25, -0.2) is 0 Å². The number of anilines is 2. The number of nitro groups is 2. The van der Waals surface area contributed by atoms with Crippen LogP contribution < -0.4 is 10.9 Å². The van der Waals surface area contributed by atoms with Gasteiger partial charge in [0.2, 0.25) is 0 Å². The van der Waals surface area contributed by atoms with Crippen LogP contribution in [0.1, 0.15) is 0 Å². The molecule has 0 unspecified atom stereocenters. The Hall–Kier alpha value is -4.00. The Morgan fingerprint density at radius 1 is 0.852 bits per heavy atom. The number of hydrogen-bond donors (Lipinski definition) is 4. The molecular formula is C4H4N14O8Pb. The van der Waals surface area contributed by atoms with Gasteiger partial charge in [-0.05, 0) is 0 Å². The third kappa shape index (κ3) is 6.79. The fourth-order valence-corrected chi connectivity index (χ4v) is 2.08. The van der Waals surface area contributed by atoms with Crippen LogP contribution in [-0.2, 0) is 5.58 Å². The molecule has 22 nitrogen and oxygen atoms in total. The molecule has 0 aromatic carbocycles. The van der Waals surface area contributed by atoms with Crippen LogP contribution in [0.4, 0.5) is 23.8 Å². The number of aromatic nitrogens is 6. The number of nitrogens with one attached hydrogen (secondary N) is 4. The van der Waals surface area contributed by atoms with Gasteiger partial charge in [0.1, 0.15) is 0 Å². The molecule has 0 spiro atoms. The van der Waals surface area contributed by atoms with E-state index >= 15 is 0 Å². The molecule has 4 N–H and O–H groups in total. The van der Waals surface area contributed by atoms with E-state index in [0.717, 1.165) is 0 Å². The van der Waals surface area contributed by atoms with Crippen LogP contribution >= 0.6 is 0 Å². The summed E-state index contributed by atoms with van der Waals surface area (Å²) in [6.07, 6.45) is 0. The number of nitrogens with zero attached hydrogens (tertiary/aromatic N) is 10. The zero-order chi connectivity index (χ0) is 19.8. The number of rotatable bonds is 10. The second-order valence-corrected chi connectivity index (χ2v) is 5.71. The van der Waals surface area contributed by atoms with E-state index in [2.05, 4.69) is 46.2 Å².